The number of amides is 1. The molecule has 5 aromatic rings. The van der Waals surface area contributed by atoms with Crippen LogP contribution in [0, 0.1) is 0 Å². The van der Waals surface area contributed by atoms with Gasteiger partial charge in [0.1, 0.15) is 5.54 Å². The van der Waals surface area contributed by atoms with Gasteiger partial charge in [-0.2, -0.15) is 0 Å². The van der Waals surface area contributed by atoms with Crippen LogP contribution in [0.5, 0.6) is 0 Å². The summed E-state index contributed by atoms with van der Waals surface area (Å²) >= 11 is 0. The number of aliphatic hydroxyl groups is 1. The number of hydrogen-bond donors (Lipinski definition) is 3. The Morgan fingerprint density at radius 2 is 1.44 bits per heavy atom. The number of benzene rings is 5. The third kappa shape index (κ3) is 7.95. The van der Waals surface area contributed by atoms with Gasteiger partial charge in [0.05, 0.1) is 30.4 Å². The lowest BCUT2D eigenvalue weighted by atomic mass is 9.85. The summed E-state index contributed by atoms with van der Waals surface area (Å²) < 4.78 is 42.0. The van der Waals surface area contributed by atoms with Gasteiger partial charge in [0, 0.05) is 43.9 Å². The highest BCUT2D eigenvalue weighted by atomic mass is 32.2. The zero-order chi connectivity index (χ0) is 37.8. The lowest BCUT2D eigenvalue weighted by Crippen LogP contribution is -2.57. The molecule has 0 aromatic heterocycles. The van der Waals surface area contributed by atoms with Crippen LogP contribution in [0.2, 0.25) is 0 Å². The molecule has 284 valence electrons. The highest BCUT2D eigenvalue weighted by Gasteiger charge is 2.50. The van der Waals surface area contributed by atoms with Crippen LogP contribution in [0.4, 0.5) is 5.69 Å². The van der Waals surface area contributed by atoms with E-state index < -0.39 is 21.9 Å². The van der Waals surface area contributed by atoms with Crippen LogP contribution in [0.3, 0.4) is 0 Å². The average Bonchev–Trinajstić information content (AvgIpc) is 3.55. The summed E-state index contributed by atoms with van der Waals surface area (Å²) in [7, 11) is -3.67. The number of nitrogens with zero attached hydrogens (tertiary/aromatic N) is 2. The molecule has 3 fully saturated rings. The second-order valence-electron chi connectivity index (χ2n) is 14.5. The molecule has 0 saturated carbocycles. The number of rotatable bonds is 11. The van der Waals surface area contributed by atoms with Gasteiger partial charge in [0.25, 0.3) is 0 Å². The van der Waals surface area contributed by atoms with Crippen molar-refractivity contribution in [1.29, 1.82) is 0 Å². The summed E-state index contributed by atoms with van der Waals surface area (Å²) in [6.07, 6.45) is 1.15. The Kier molecular flexibility index (Phi) is 10.8. The van der Waals surface area contributed by atoms with Gasteiger partial charge in [0.2, 0.25) is 15.9 Å². The molecule has 1 amide bonds. The molecule has 0 unspecified atom stereocenters. The smallest absolute Gasteiger partial charge is 0.247 e. The van der Waals surface area contributed by atoms with Crippen molar-refractivity contribution in [3.8, 4) is 11.1 Å². The fourth-order valence-corrected chi connectivity index (χ4v) is 9.12. The van der Waals surface area contributed by atoms with Crippen LogP contribution in [0.25, 0.3) is 11.1 Å². The fourth-order valence-electron chi connectivity index (χ4n) is 8.09. The molecule has 0 aliphatic carbocycles. The Hall–Kier alpha value is -4.88. The van der Waals surface area contributed by atoms with E-state index in [1.54, 1.807) is 30.3 Å². The van der Waals surface area contributed by atoms with Crippen LogP contribution in [-0.4, -0.2) is 62.3 Å². The lowest BCUT2D eigenvalue weighted by molar-refractivity contribution is -0.253. The number of sulfonamides is 1. The molecule has 10 nitrogen and oxygen atoms in total. The molecule has 8 rings (SSSR count). The average molecular weight is 759 g/mol. The number of anilines is 1. The van der Waals surface area contributed by atoms with Gasteiger partial charge in [0.15, 0.2) is 6.29 Å². The van der Waals surface area contributed by atoms with Crippen molar-refractivity contribution in [1.82, 2.24) is 14.9 Å². The SMILES string of the molecule is O=C1NCN(c2ccccc2)C12CCN(C[C@@H]1C[C@H](c3ccc(CO)cc3)O[C@H](c3ccc(-c4ccccc4CNS(=O)(=O)c4ccccc4)cc3)O1)CC2. The number of ether oxygens (including phenoxy) is 2. The van der Waals surface area contributed by atoms with Gasteiger partial charge in [-0.3, -0.25) is 4.79 Å². The molecule has 5 aromatic carbocycles. The first-order chi connectivity index (χ1) is 26.8. The monoisotopic (exact) mass is 758 g/mol. The first kappa shape index (κ1) is 37.1. The molecule has 3 saturated heterocycles. The predicted molar refractivity (Wildman–Crippen MR) is 211 cm³/mol. The molecule has 0 bridgehead atoms. The van der Waals surface area contributed by atoms with E-state index in [1.807, 2.05) is 91.0 Å². The van der Waals surface area contributed by atoms with Crippen molar-refractivity contribution >= 4 is 21.6 Å². The molecule has 0 radical (unpaired) electrons. The number of aliphatic hydroxyl groups excluding tert-OH is 1. The van der Waals surface area contributed by atoms with Crippen molar-refractivity contribution in [3.05, 3.63) is 156 Å². The van der Waals surface area contributed by atoms with E-state index in [1.165, 1.54) is 0 Å². The van der Waals surface area contributed by atoms with Gasteiger partial charge < -0.3 is 29.7 Å². The summed E-state index contributed by atoms with van der Waals surface area (Å²) in [4.78, 5) is 18.1. The summed E-state index contributed by atoms with van der Waals surface area (Å²) in [6, 6.07) is 42.3. The van der Waals surface area contributed by atoms with Crippen LogP contribution in [-0.2, 0) is 37.4 Å². The van der Waals surface area contributed by atoms with E-state index in [0.717, 1.165) is 65.0 Å². The topological polar surface area (TPSA) is 120 Å². The fraction of sp³-hybridized carbons (Fsp3) is 0.295. The molecule has 55 heavy (non-hydrogen) atoms. The Bertz CT molecular complexity index is 2180. The molecule has 3 N–H and O–H groups in total. The van der Waals surface area contributed by atoms with E-state index in [-0.39, 0.29) is 36.2 Å². The number of carbonyl (C=O) groups is 1. The number of para-hydroxylation sites is 1. The molecule has 3 atom stereocenters. The number of carbonyl (C=O) groups excluding carboxylic acids is 1. The van der Waals surface area contributed by atoms with E-state index in [4.69, 9.17) is 9.47 Å². The normalized spacial score (nSPS) is 21.4. The van der Waals surface area contributed by atoms with Crippen LogP contribution < -0.4 is 14.9 Å². The van der Waals surface area contributed by atoms with Crippen molar-refractivity contribution in [3.63, 3.8) is 0 Å². The molecule has 11 heteroatoms. The quantitative estimate of drug-likeness (QED) is 0.144. The van der Waals surface area contributed by atoms with E-state index in [9.17, 15) is 18.3 Å². The minimum absolute atomic E-state index is 0.0231. The Morgan fingerprint density at radius 1 is 0.782 bits per heavy atom. The molecule has 3 aliphatic heterocycles. The maximum absolute atomic E-state index is 13.3. The summed E-state index contributed by atoms with van der Waals surface area (Å²) in [5, 5.41) is 12.7. The van der Waals surface area contributed by atoms with E-state index >= 15 is 0 Å². The molecular formula is C44H46N4O6S. The number of nitrogens with one attached hydrogen (secondary N) is 2. The van der Waals surface area contributed by atoms with Gasteiger partial charge in [-0.1, -0.05) is 109 Å². The minimum atomic E-state index is -3.67. The standard InChI is InChI=1S/C44H46N4O6S/c49-30-32-15-17-34(18-16-32)41-27-38(29-47-25-23-44(24-26-47)43(50)45-31-48(44)37-10-3-1-4-11-37)53-42(54-41)35-21-19-33(20-22-35)40-14-8-7-9-36(40)28-46-55(51,52)39-12-5-2-6-13-39/h1-22,38,41-42,46,49H,23-31H2,(H,45,50)/t38-,41+,42+/m0/s1. The van der Waals surface area contributed by atoms with Crippen LogP contribution >= 0.6 is 0 Å². The van der Waals surface area contributed by atoms with E-state index in [0.29, 0.717) is 19.6 Å². The first-order valence-corrected chi connectivity index (χ1v) is 20.4. The second-order valence-corrected chi connectivity index (χ2v) is 16.3. The zero-order valence-corrected chi connectivity index (χ0v) is 31.4. The van der Waals surface area contributed by atoms with Crippen LogP contribution in [0.1, 0.15) is 53.9 Å². The third-order valence-corrected chi connectivity index (χ3v) is 12.6. The Balaban J connectivity index is 0.981. The van der Waals surface area contributed by atoms with Gasteiger partial charge in [-0.25, -0.2) is 13.1 Å². The van der Waals surface area contributed by atoms with Crippen LogP contribution in [0.15, 0.2) is 138 Å². The zero-order valence-electron chi connectivity index (χ0n) is 30.6. The summed E-state index contributed by atoms with van der Waals surface area (Å²) in [5.74, 6) is 0.101. The lowest BCUT2D eigenvalue weighted by Gasteiger charge is -2.45. The molecule has 3 aliphatic rings. The number of likely N-dealkylation sites (tertiary alicyclic amines) is 1. The summed E-state index contributed by atoms with van der Waals surface area (Å²) in [5.41, 5.74) is 5.99. The third-order valence-electron chi connectivity index (χ3n) is 11.2. The number of piperidine rings is 1. The maximum Gasteiger partial charge on any atom is 0.247 e. The predicted octanol–water partition coefficient (Wildman–Crippen LogP) is 6.30. The Labute approximate surface area is 322 Å². The highest BCUT2D eigenvalue weighted by Crippen LogP contribution is 2.40. The van der Waals surface area contributed by atoms with Crippen molar-refractivity contribution in [2.24, 2.45) is 0 Å². The molecule has 1 spiro atoms. The number of hydrogen-bond acceptors (Lipinski definition) is 8. The van der Waals surface area contributed by atoms with Gasteiger partial charge in [-0.05, 0) is 64.9 Å². The van der Waals surface area contributed by atoms with Crippen molar-refractivity contribution < 1.29 is 27.8 Å². The maximum atomic E-state index is 13.3. The van der Waals surface area contributed by atoms with Gasteiger partial charge >= 0.3 is 0 Å². The van der Waals surface area contributed by atoms with Crippen molar-refractivity contribution in [2.75, 3.05) is 31.2 Å². The first-order valence-electron chi connectivity index (χ1n) is 18.9. The highest BCUT2D eigenvalue weighted by molar-refractivity contribution is 7.89. The van der Waals surface area contributed by atoms with Crippen molar-refractivity contribution in [2.45, 2.75) is 61.3 Å². The summed E-state index contributed by atoms with van der Waals surface area (Å²) in [6.45, 7) is 2.89. The minimum Gasteiger partial charge on any atom is -0.392 e. The second kappa shape index (κ2) is 16.1. The van der Waals surface area contributed by atoms with E-state index in [2.05, 4.69) is 32.0 Å². The molecule has 3 heterocycles. The largest absolute Gasteiger partial charge is 0.392 e. The Morgan fingerprint density at radius 3 is 2.15 bits per heavy atom. The van der Waals surface area contributed by atoms with Gasteiger partial charge in [-0.15, -0.1) is 0 Å². The molecular weight excluding hydrogens is 713 g/mol.